The molecule has 2 atom stereocenters. The number of piperidine rings is 1. The van der Waals surface area contributed by atoms with E-state index in [2.05, 4.69) is 11.9 Å². The van der Waals surface area contributed by atoms with Crippen LogP contribution in [0.1, 0.15) is 30.1 Å². The van der Waals surface area contributed by atoms with Crippen molar-refractivity contribution < 1.29 is 27.9 Å². The summed E-state index contributed by atoms with van der Waals surface area (Å²) in [4.78, 5) is 30.9. The van der Waals surface area contributed by atoms with Gasteiger partial charge in [0, 0.05) is 32.4 Å². The standard InChI is InChI=1S/C18H22F3N3O3/c1-11-4-6-23(7-5-11)16(25)12-2-3-15(22-8-12)24-9-13(17(26)27)14(10-24)18(19,20)21/h2-3,8,11,13-14H,4-7,9-10H2,1H3,(H,26,27)/t13-,14-/m1/s1. The predicted molar refractivity (Wildman–Crippen MR) is 91.4 cm³/mol. The number of alkyl halides is 3. The van der Waals surface area contributed by atoms with E-state index in [0.29, 0.717) is 24.6 Å². The van der Waals surface area contributed by atoms with Crippen molar-refractivity contribution in [3.05, 3.63) is 23.9 Å². The third kappa shape index (κ3) is 4.17. The van der Waals surface area contributed by atoms with Gasteiger partial charge in [-0.1, -0.05) is 6.92 Å². The second kappa shape index (κ2) is 7.36. The maximum Gasteiger partial charge on any atom is 0.394 e. The van der Waals surface area contributed by atoms with Crippen LogP contribution in [0.25, 0.3) is 0 Å². The summed E-state index contributed by atoms with van der Waals surface area (Å²) in [5.41, 5.74) is 0.384. The van der Waals surface area contributed by atoms with Crippen molar-refractivity contribution in [1.82, 2.24) is 9.88 Å². The summed E-state index contributed by atoms with van der Waals surface area (Å²) >= 11 is 0. The number of hydrogen-bond donors (Lipinski definition) is 1. The van der Waals surface area contributed by atoms with E-state index in [9.17, 15) is 22.8 Å². The van der Waals surface area contributed by atoms with E-state index in [1.54, 1.807) is 11.0 Å². The molecular weight excluding hydrogens is 363 g/mol. The maximum absolute atomic E-state index is 13.1. The van der Waals surface area contributed by atoms with Gasteiger partial charge in [-0.25, -0.2) is 4.98 Å². The van der Waals surface area contributed by atoms with Gasteiger partial charge in [0.15, 0.2) is 0 Å². The number of amides is 1. The molecule has 1 aromatic rings. The van der Waals surface area contributed by atoms with Gasteiger partial charge in [-0.3, -0.25) is 9.59 Å². The Morgan fingerprint density at radius 1 is 1.19 bits per heavy atom. The third-order valence-corrected chi connectivity index (χ3v) is 5.45. The fraction of sp³-hybridized carbons (Fsp3) is 0.611. The topological polar surface area (TPSA) is 73.7 Å². The molecule has 1 aromatic heterocycles. The summed E-state index contributed by atoms with van der Waals surface area (Å²) in [6.45, 7) is 2.80. The average Bonchev–Trinajstić information content (AvgIpc) is 3.08. The van der Waals surface area contributed by atoms with Crippen molar-refractivity contribution in [3.63, 3.8) is 0 Å². The van der Waals surface area contributed by atoms with Crippen LogP contribution in [0.15, 0.2) is 18.3 Å². The SMILES string of the molecule is CC1CCN(C(=O)c2ccc(N3C[C@@H](C(F)(F)F)[C@H](C(=O)O)C3)nc2)CC1. The first-order valence-corrected chi connectivity index (χ1v) is 8.96. The lowest BCUT2D eigenvalue weighted by molar-refractivity contribution is -0.187. The Balaban J connectivity index is 1.70. The van der Waals surface area contributed by atoms with E-state index in [1.807, 2.05) is 0 Å². The molecule has 3 heterocycles. The summed E-state index contributed by atoms with van der Waals surface area (Å²) in [6, 6.07) is 3.02. The molecule has 3 rings (SSSR count). The molecule has 0 radical (unpaired) electrons. The van der Waals surface area contributed by atoms with E-state index in [4.69, 9.17) is 5.11 Å². The first-order chi connectivity index (χ1) is 12.7. The molecule has 1 N–H and O–H groups in total. The highest BCUT2D eigenvalue weighted by Crippen LogP contribution is 2.39. The van der Waals surface area contributed by atoms with Gasteiger partial charge in [0.1, 0.15) is 5.82 Å². The zero-order chi connectivity index (χ0) is 19.8. The predicted octanol–water partition coefficient (Wildman–Crippen LogP) is 2.65. The number of anilines is 1. The number of aromatic nitrogens is 1. The number of aliphatic carboxylic acids is 1. The van der Waals surface area contributed by atoms with Crippen LogP contribution < -0.4 is 4.90 Å². The van der Waals surface area contributed by atoms with E-state index < -0.39 is 30.5 Å². The molecule has 27 heavy (non-hydrogen) atoms. The molecule has 0 aromatic carbocycles. The number of carboxylic acid groups (broad SMARTS) is 1. The normalized spacial score (nSPS) is 24.3. The number of carboxylic acids is 1. The molecule has 0 aliphatic carbocycles. The minimum Gasteiger partial charge on any atom is -0.481 e. The summed E-state index contributed by atoms with van der Waals surface area (Å²) in [5.74, 6) is -4.23. The van der Waals surface area contributed by atoms with E-state index >= 15 is 0 Å². The molecule has 0 unspecified atom stereocenters. The molecule has 1 amide bonds. The highest BCUT2D eigenvalue weighted by atomic mass is 19.4. The van der Waals surface area contributed by atoms with Gasteiger partial charge in [-0.05, 0) is 30.9 Å². The Morgan fingerprint density at radius 2 is 1.85 bits per heavy atom. The first kappa shape index (κ1) is 19.4. The highest BCUT2D eigenvalue weighted by molar-refractivity contribution is 5.94. The molecular formula is C18H22F3N3O3. The fourth-order valence-corrected chi connectivity index (χ4v) is 3.67. The quantitative estimate of drug-likeness (QED) is 0.866. The Bertz CT molecular complexity index is 700. The van der Waals surface area contributed by atoms with Gasteiger partial charge in [0.25, 0.3) is 5.91 Å². The molecule has 2 aliphatic heterocycles. The zero-order valence-electron chi connectivity index (χ0n) is 14.9. The number of hydrogen-bond acceptors (Lipinski definition) is 4. The number of carbonyl (C=O) groups excluding carboxylic acids is 1. The van der Waals surface area contributed by atoms with Gasteiger partial charge in [-0.2, -0.15) is 13.2 Å². The van der Waals surface area contributed by atoms with Crippen LogP contribution >= 0.6 is 0 Å². The summed E-state index contributed by atoms with van der Waals surface area (Å²) in [5, 5.41) is 9.09. The Labute approximate surface area is 155 Å². The lowest BCUT2D eigenvalue weighted by Gasteiger charge is -2.30. The molecule has 0 bridgehead atoms. The van der Waals surface area contributed by atoms with Gasteiger partial charge in [-0.15, -0.1) is 0 Å². The molecule has 2 aliphatic rings. The van der Waals surface area contributed by atoms with Crippen molar-refractivity contribution in [2.75, 3.05) is 31.1 Å². The molecule has 2 fully saturated rings. The third-order valence-electron chi connectivity index (χ3n) is 5.45. The summed E-state index contributed by atoms with van der Waals surface area (Å²) < 4.78 is 39.3. The molecule has 2 saturated heterocycles. The molecule has 6 nitrogen and oxygen atoms in total. The molecule has 148 valence electrons. The Kier molecular flexibility index (Phi) is 5.30. The highest BCUT2D eigenvalue weighted by Gasteiger charge is 2.52. The largest absolute Gasteiger partial charge is 0.481 e. The Hall–Kier alpha value is -2.32. The van der Waals surface area contributed by atoms with Gasteiger partial charge < -0.3 is 14.9 Å². The number of likely N-dealkylation sites (tertiary alicyclic amines) is 1. The maximum atomic E-state index is 13.1. The van der Waals surface area contributed by atoms with E-state index in [1.165, 1.54) is 17.2 Å². The lowest BCUT2D eigenvalue weighted by Crippen LogP contribution is -2.38. The van der Waals surface area contributed by atoms with Crippen molar-refractivity contribution in [2.45, 2.75) is 25.9 Å². The van der Waals surface area contributed by atoms with Crippen LogP contribution in [0.3, 0.4) is 0 Å². The molecule has 0 spiro atoms. The molecule has 0 saturated carbocycles. The van der Waals surface area contributed by atoms with Crippen molar-refractivity contribution >= 4 is 17.7 Å². The van der Waals surface area contributed by atoms with Gasteiger partial charge in [0.2, 0.25) is 0 Å². The molecule has 9 heteroatoms. The van der Waals surface area contributed by atoms with Gasteiger partial charge in [0.05, 0.1) is 17.4 Å². The summed E-state index contributed by atoms with van der Waals surface area (Å²) in [6.07, 6.45) is -1.34. The van der Waals surface area contributed by atoms with Crippen LogP contribution in [-0.2, 0) is 4.79 Å². The second-order valence-electron chi connectivity index (χ2n) is 7.38. The van der Waals surface area contributed by atoms with Crippen LogP contribution in [0, 0.1) is 17.8 Å². The average molecular weight is 385 g/mol. The second-order valence-corrected chi connectivity index (χ2v) is 7.38. The number of halogens is 3. The van der Waals surface area contributed by atoms with Crippen LogP contribution in [0.4, 0.5) is 19.0 Å². The van der Waals surface area contributed by atoms with Crippen LogP contribution in [0.5, 0.6) is 0 Å². The van der Waals surface area contributed by atoms with Gasteiger partial charge >= 0.3 is 12.1 Å². The monoisotopic (exact) mass is 385 g/mol. The fourth-order valence-electron chi connectivity index (χ4n) is 3.67. The number of pyridine rings is 1. The number of carbonyl (C=O) groups is 2. The first-order valence-electron chi connectivity index (χ1n) is 8.96. The van der Waals surface area contributed by atoms with Crippen molar-refractivity contribution in [2.24, 2.45) is 17.8 Å². The van der Waals surface area contributed by atoms with Crippen molar-refractivity contribution in [1.29, 1.82) is 0 Å². The minimum atomic E-state index is -4.58. The number of nitrogens with zero attached hydrogens (tertiary/aromatic N) is 3. The van der Waals surface area contributed by atoms with E-state index in [-0.39, 0.29) is 18.3 Å². The van der Waals surface area contributed by atoms with Crippen LogP contribution in [0.2, 0.25) is 0 Å². The smallest absolute Gasteiger partial charge is 0.394 e. The number of rotatable bonds is 3. The lowest BCUT2D eigenvalue weighted by atomic mass is 9.96. The minimum absolute atomic E-state index is 0.140. The Morgan fingerprint density at radius 3 is 2.33 bits per heavy atom. The van der Waals surface area contributed by atoms with Crippen LogP contribution in [-0.4, -0.2) is 59.2 Å². The summed E-state index contributed by atoms with van der Waals surface area (Å²) in [7, 11) is 0. The zero-order valence-corrected chi connectivity index (χ0v) is 14.9. The van der Waals surface area contributed by atoms with Crippen molar-refractivity contribution in [3.8, 4) is 0 Å². The van der Waals surface area contributed by atoms with E-state index in [0.717, 1.165) is 12.8 Å².